The van der Waals surface area contributed by atoms with E-state index in [0.29, 0.717) is 17.4 Å². The summed E-state index contributed by atoms with van der Waals surface area (Å²) < 4.78 is 30.0. The Morgan fingerprint density at radius 3 is 2.46 bits per heavy atom. The number of hydrogen-bond acceptors (Lipinski definition) is 3. The molecule has 0 saturated heterocycles. The van der Waals surface area contributed by atoms with Gasteiger partial charge in [-0.2, -0.15) is 9.40 Å². The number of aromatic nitrogens is 2. The first kappa shape index (κ1) is 19.1. The molecular formula is C20H29N3O2S. The van der Waals surface area contributed by atoms with Crippen LogP contribution >= 0.6 is 0 Å². The highest BCUT2D eigenvalue weighted by atomic mass is 32.2. The van der Waals surface area contributed by atoms with Crippen molar-refractivity contribution in [2.75, 3.05) is 6.54 Å². The summed E-state index contributed by atoms with van der Waals surface area (Å²) in [5.74, 6) is 0.537. The van der Waals surface area contributed by atoms with Gasteiger partial charge in [-0.25, -0.2) is 13.1 Å². The zero-order chi connectivity index (χ0) is 18.9. The SMILES string of the molecule is CCN(C1CC(C)CC(C)(C)C1)S(=O)(=O)c1ccc(-n2cccn2)cc1. The molecule has 2 aromatic rings. The first-order valence-corrected chi connectivity index (χ1v) is 10.8. The fourth-order valence-electron chi connectivity index (χ4n) is 4.47. The van der Waals surface area contributed by atoms with E-state index in [1.54, 1.807) is 39.4 Å². The minimum Gasteiger partial charge on any atom is -0.241 e. The van der Waals surface area contributed by atoms with Crippen molar-refractivity contribution >= 4 is 10.0 Å². The second kappa shape index (κ2) is 7.16. The van der Waals surface area contributed by atoms with E-state index >= 15 is 0 Å². The average molecular weight is 376 g/mol. The summed E-state index contributed by atoms with van der Waals surface area (Å²) in [6.45, 7) is 9.15. The van der Waals surface area contributed by atoms with Crippen molar-refractivity contribution in [3.8, 4) is 5.69 Å². The molecule has 1 heterocycles. The predicted octanol–water partition coefficient (Wildman–Crippen LogP) is 4.10. The van der Waals surface area contributed by atoms with Gasteiger partial charge in [-0.1, -0.05) is 27.7 Å². The minimum atomic E-state index is -3.51. The van der Waals surface area contributed by atoms with Crippen molar-refractivity contribution in [2.45, 2.75) is 57.9 Å². The molecule has 0 spiro atoms. The summed E-state index contributed by atoms with van der Waals surface area (Å²) in [4.78, 5) is 0.353. The van der Waals surface area contributed by atoms with E-state index in [4.69, 9.17) is 0 Å². The largest absolute Gasteiger partial charge is 0.243 e. The van der Waals surface area contributed by atoms with Gasteiger partial charge in [0.15, 0.2) is 0 Å². The van der Waals surface area contributed by atoms with Gasteiger partial charge in [-0.05, 0) is 60.9 Å². The quantitative estimate of drug-likeness (QED) is 0.791. The molecule has 1 aliphatic rings. The Morgan fingerprint density at radius 2 is 1.92 bits per heavy atom. The normalized spacial score (nSPS) is 23.3. The standard InChI is InChI=1S/C20H29N3O2S/c1-5-23(18-13-16(2)14-20(3,4)15-18)26(24,25)19-9-7-17(8-10-19)22-12-6-11-21-22/h6-12,16,18H,5,13-15H2,1-4H3. The van der Waals surface area contributed by atoms with Crippen LogP contribution in [0.1, 0.15) is 47.0 Å². The third-order valence-electron chi connectivity index (χ3n) is 5.29. The van der Waals surface area contributed by atoms with Crippen molar-refractivity contribution in [1.29, 1.82) is 0 Å². The zero-order valence-electron chi connectivity index (χ0n) is 16.1. The van der Waals surface area contributed by atoms with Crippen molar-refractivity contribution in [1.82, 2.24) is 14.1 Å². The molecule has 1 aromatic heterocycles. The van der Waals surface area contributed by atoms with Gasteiger partial charge in [-0.3, -0.25) is 0 Å². The predicted molar refractivity (Wildman–Crippen MR) is 104 cm³/mol. The molecule has 142 valence electrons. The Labute approximate surface area is 157 Å². The molecule has 0 aliphatic heterocycles. The number of nitrogens with zero attached hydrogens (tertiary/aromatic N) is 3. The van der Waals surface area contributed by atoms with E-state index in [1.807, 2.05) is 19.2 Å². The van der Waals surface area contributed by atoms with E-state index in [2.05, 4.69) is 25.9 Å². The molecule has 1 fully saturated rings. The molecule has 1 saturated carbocycles. The Morgan fingerprint density at radius 1 is 1.23 bits per heavy atom. The Hall–Kier alpha value is -1.66. The maximum Gasteiger partial charge on any atom is 0.243 e. The molecule has 0 radical (unpaired) electrons. The van der Waals surface area contributed by atoms with Crippen LogP contribution in [0, 0.1) is 11.3 Å². The van der Waals surface area contributed by atoms with Crippen LogP contribution in [-0.2, 0) is 10.0 Å². The lowest BCUT2D eigenvalue weighted by molar-refractivity contribution is 0.114. The Kier molecular flexibility index (Phi) is 5.26. The zero-order valence-corrected chi connectivity index (χ0v) is 16.9. The van der Waals surface area contributed by atoms with Crippen LogP contribution in [0.4, 0.5) is 0 Å². The third kappa shape index (κ3) is 3.86. The molecular weight excluding hydrogens is 346 g/mol. The second-order valence-electron chi connectivity index (χ2n) is 8.22. The second-order valence-corrected chi connectivity index (χ2v) is 10.1. The van der Waals surface area contributed by atoms with E-state index in [-0.39, 0.29) is 11.5 Å². The molecule has 1 aliphatic carbocycles. The van der Waals surface area contributed by atoms with Crippen molar-refractivity contribution in [3.63, 3.8) is 0 Å². The monoisotopic (exact) mass is 375 g/mol. The Balaban J connectivity index is 1.87. The molecule has 6 heteroatoms. The first-order chi connectivity index (χ1) is 12.2. The summed E-state index contributed by atoms with van der Waals surface area (Å²) in [5.41, 5.74) is 1.03. The molecule has 0 amide bonds. The summed E-state index contributed by atoms with van der Waals surface area (Å²) in [6.07, 6.45) is 6.54. The summed E-state index contributed by atoms with van der Waals surface area (Å²) in [5, 5.41) is 4.18. The topological polar surface area (TPSA) is 55.2 Å². The molecule has 0 bridgehead atoms. The van der Waals surface area contributed by atoms with Crippen molar-refractivity contribution in [3.05, 3.63) is 42.7 Å². The van der Waals surface area contributed by atoms with Gasteiger partial charge in [0.2, 0.25) is 10.0 Å². The number of hydrogen-bond donors (Lipinski definition) is 0. The van der Waals surface area contributed by atoms with Crippen LogP contribution in [0.5, 0.6) is 0 Å². The molecule has 3 rings (SSSR count). The van der Waals surface area contributed by atoms with E-state index in [9.17, 15) is 8.42 Å². The number of benzene rings is 1. The molecule has 5 nitrogen and oxygen atoms in total. The van der Waals surface area contributed by atoms with E-state index < -0.39 is 10.0 Å². The lowest BCUT2D eigenvalue weighted by Gasteiger charge is -2.43. The van der Waals surface area contributed by atoms with E-state index in [0.717, 1.165) is 24.9 Å². The third-order valence-corrected chi connectivity index (χ3v) is 7.34. The van der Waals surface area contributed by atoms with Crippen molar-refractivity contribution < 1.29 is 8.42 Å². The van der Waals surface area contributed by atoms with Crippen molar-refractivity contribution in [2.24, 2.45) is 11.3 Å². The van der Waals surface area contributed by atoms with Gasteiger partial charge >= 0.3 is 0 Å². The van der Waals surface area contributed by atoms with Gasteiger partial charge in [0, 0.05) is 25.0 Å². The minimum absolute atomic E-state index is 0.0644. The fraction of sp³-hybridized carbons (Fsp3) is 0.550. The van der Waals surface area contributed by atoms with Gasteiger partial charge in [0.25, 0.3) is 0 Å². The number of rotatable bonds is 5. The molecule has 2 unspecified atom stereocenters. The maximum atomic E-state index is 13.3. The van der Waals surface area contributed by atoms with Crippen LogP contribution in [0.3, 0.4) is 0 Å². The van der Waals surface area contributed by atoms with E-state index in [1.165, 1.54) is 0 Å². The lowest BCUT2D eigenvalue weighted by atomic mass is 9.70. The summed E-state index contributed by atoms with van der Waals surface area (Å²) >= 11 is 0. The molecule has 0 N–H and O–H groups in total. The fourth-order valence-corrected chi connectivity index (χ4v) is 6.11. The average Bonchev–Trinajstić information content (AvgIpc) is 3.08. The van der Waals surface area contributed by atoms with Crippen LogP contribution in [0.15, 0.2) is 47.6 Å². The van der Waals surface area contributed by atoms with Gasteiger partial charge < -0.3 is 0 Å². The summed E-state index contributed by atoms with van der Waals surface area (Å²) in [7, 11) is -3.51. The molecule has 2 atom stereocenters. The highest BCUT2D eigenvalue weighted by Crippen LogP contribution is 2.41. The highest BCUT2D eigenvalue weighted by Gasteiger charge is 2.39. The van der Waals surface area contributed by atoms with Crippen LogP contribution in [0.25, 0.3) is 5.69 Å². The van der Waals surface area contributed by atoms with Crippen LogP contribution in [0.2, 0.25) is 0 Å². The Bertz CT molecular complexity index is 826. The summed E-state index contributed by atoms with van der Waals surface area (Å²) in [6, 6.07) is 8.89. The smallest absolute Gasteiger partial charge is 0.241 e. The lowest BCUT2D eigenvalue weighted by Crippen LogP contribution is -2.46. The van der Waals surface area contributed by atoms with Crippen LogP contribution < -0.4 is 0 Å². The van der Waals surface area contributed by atoms with Crippen LogP contribution in [-0.4, -0.2) is 35.1 Å². The maximum absolute atomic E-state index is 13.3. The highest BCUT2D eigenvalue weighted by molar-refractivity contribution is 7.89. The molecule has 26 heavy (non-hydrogen) atoms. The molecule has 1 aromatic carbocycles. The first-order valence-electron chi connectivity index (χ1n) is 9.35. The van der Waals surface area contributed by atoms with Gasteiger partial charge in [0.1, 0.15) is 0 Å². The van der Waals surface area contributed by atoms with Gasteiger partial charge in [0.05, 0.1) is 10.6 Å². The number of sulfonamides is 1. The van der Waals surface area contributed by atoms with Gasteiger partial charge in [-0.15, -0.1) is 0 Å².